The van der Waals surface area contributed by atoms with Crippen molar-refractivity contribution in [2.45, 2.75) is 13.3 Å². The lowest BCUT2D eigenvalue weighted by molar-refractivity contribution is 0.474. The number of benzene rings is 5. The summed E-state index contributed by atoms with van der Waals surface area (Å²) in [5, 5.41) is 2.62. The maximum absolute atomic E-state index is 6.43. The zero-order valence-corrected chi connectivity index (χ0v) is 18.7. The average molecular weight is 437 g/mol. The fourth-order valence-electron chi connectivity index (χ4n) is 5.85. The number of fused-ring (bicyclic) bond motifs is 5. The Morgan fingerprint density at radius 2 is 1.47 bits per heavy atom. The van der Waals surface area contributed by atoms with E-state index in [0.717, 1.165) is 46.0 Å². The Kier molecular flexibility index (Phi) is 3.39. The normalized spacial score (nSPS) is 12.6. The molecule has 5 aromatic carbocycles. The molecule has 8 rings (SSSR count). The average Bonchev–Trinajstić information content (AvgIpc) is 3.43. The highest BCUT2D eigenvalue weighted by molar-refractivity contribution is 6.18. The van der Waals surface area contributed by atoms with Gasteiger partial charge in [0.2, 0.25) is 0 Å². The zero-order chi connectivity index (χ0) is 22.4. The van der Waals surface area contributed by atoms with Crippen molar-refractivity contribution in [3.8, 4) is 50.6 Å². The molecule has 3 nitrogen and oxygen atoms in total. The van der Waals surface area contributed by atoms with Crippen molar-refractivity contribution in [1.29, 1.82) is 0 Å². The summed E-state index contributed by atoms with van der Waals surface area (Å²) in [5.74, 6) is 2.80. The van der Waals surface area contributed by atoms with E-state index in [1.807, 2.05) is 12.1 Å². The van der Waals surface area contributed by atoms with Crippen LogP contribution < -0.4 is 4.74 Å². The van der Waals surface area contributed by atoms with Gasteiger partial charge in [-0.05, 0) is 68.4 Å². The monoisotopic (exact) mass is 436 g/mol. The molecule has 0 saturated carbocycles. The summed E-state index contributed by atoms with van der Waals surface area (Å²) in [6.07, 6.45) is 0.866. The van der Waals surface area contributed by atoms with E-state index < -0.39 is 0 Å². The first-order valence-corrected chi connectivity index (χ1v) is 11.8. The van der Waals surface area contributed by atoms with Crippen LogP contribution in [0.4, 0.5) is 0 Å². The van der Waals surface area contributed by atoms with Gasteiger partial charge in [-0.2, -0.15) is 0 Å². The SMILES string of the molecule is CCc1nc2cccc3c2n1-c1ccc(-c2ccc4c5c(cccc25)-c2ccccc2-4)cc1O3. The molecule has 0 bridgehead atoms. The first-order valence-electron chi connectivity index (χ1n) is 11.8. The molecule has 2 heterocycles. The van der Waals surface area contributed by atoms with E-state index in [-0.39, 0.29) is 0 Å². The van der Waals surface area contributed by atoms with Gasteiger partial charge in [-0.15, -0.1) is 0 Å². The fourth-order valence-corrected chi connectivity index (χ4v) is 5.85. The van der Waals surface area contributed by atoms with E-state index in [4.69, 9.17) is 9.72 Å². The predicted octanol–water partition coefficient (Wildman–Crippen LogP) is 8.16. The van der Waals surface area contributed by atoms with E-state index in [1.54, 1.807) is 0 Å². The number of aromatic nitrogens is 2. The van der Waals surface area contributed by atoms with E-state index in [1.165, 1.54) is 38.6 Å². The molecule has 0 spiro atoms. The number of hydrogen-bond donors (Lipinski definition) is 0. The van der Waals surface area contributed by atoms with Crippen LogP contribution in [0.2, 0.25) is 0 Å². The summed E-state index contributed by atoms with van der Waals surface area (Å²) in [7, 11) is 0. The standard InChI is InChI=1S/C31H20N2O/c1-2-29-32-25-11-6-12-27-31(25)33(29)26-16-13-18(17-28(26)34-27)19-14-15-24-21-8-4-3-7-20(21)23-10-5-9-22(19)30(23)24/h3-17H,2H2,1H3. The Balaban J connectivity index is 1.36. The van der Waals surface area contributed by atoms with Crippen LogP contribution in [0.25, 0.3) is 60.9 Å². The van der Waals surface area contributed by atoms with E-state index >= 15 is 0 Å². The molecule has 1 aliphatic carbocycles. The molecule has 0 N–H and O–H groups in total. The minimum Gasteiger partial charge on any atom is -0.453 e. The molecule has 1 aromatic heterocycles. The summed E-state index contributed by atoms with van der Waals surface area (Å²) < 4.78 is 8.69. The van der Waals surface area contributed by atoms with Crippen molar-refractivity contribution in [3.63, 3.8) is 0 Å². The topological polar surface area (TPSA) is 27.1 Å². The molecule has 2 aliphatic rings. The van der Waals surface area contributed by atoms with Crippen molar-refractivity contribution < 1.29 is 4.74 Å². The van der Waals surface area contributed by atoms with E-state index in [0.29, 0.717) is 0 Å². The highest BCUT2D eigenvalue weighted by Crippen LogP contribution is 2.50. The van der Waals surface area contributed by atoms with Gasteiger partial charge in [0.05, 0.1) is 11.2 Å². The summed E-state index contributed by atoms with van der Waals surface area (Å²) in [4.78, 5) is 4.85. The second kappa shape index (κ2) is 6.36. The van der Waals surface area contributed by atoms with Crippen LogP contribution >= 0.6 is 0 Å². The maximum Gasteiger partial charge on any atom is 0.153 e. The smallest absolute Gasteiger partial charge is 0.153 e. The molecule has 3 heteroatoms. The molecular weight excluding hydrogens is 416 g/mol. The van der Waals surface area contributed by atoms with Crippen LogP contribution in [0.3, 0.4) is 0 Å². The number of nitrogens with zero attached hydrogens (tertiary/aromatic N) is 2. The van der Waals surface area contributed by atoms with Crippen LogP contribution in [0.5, 0.6) is 11.5 Å². The first kappa shape index (κ1) is 18.1. The van der Waals surface area contributed by atoms with E-state index in [2.05, 4.69) is 90.4 Å². The van der Waals surface area contributed by atoms with Crippen LogP contribution in [0, 0.1) is 0 Å². The molecule has 0 fully saturated rings. The van der Waals surface area contributed by atoms with Crippen LogP contribution in [0.1, 0.15) is 12.7 Å². The van der Waals surface area contributed by atoms with E-state index in [9.17, 15) is 0 Å². The lowest BCUT2D eigenvalue weighted by Gasteiger charge is -2.22. The third kappa shape index (κ3) is 2.19. The number of hydrogen-bond acceptors (Lipinski definition) is 2. The van der Waals surface area contributed by atoms with Gasteiger partial charge in [0.25, 0.3) is 0 Å². The molecule has 0 radical (unpaired) electrons. The summed E-state index contributed by atoms with van der Waals surface area (Å²) >= 11 is 0. The summed E-state index contributed by atoms with van der Waals surface area (Å²) in [6.45, 7) is 2.15. The fraction of sp³-hybridized carbons (Fsp3) is 0.0645. The minimum absolute atomic E-state index is 0.866. The quantitative estimate of drug-likeness (QED) is 0.273. The van der Waals surface area contributed by atoms with Gasteiger partial charge < -0.3 is 4.74 Å². The number of ether oxygens (including phenoxy) is 1. The third-order valence-electron chi connectivity index (χ3n) is 7.30. The Morgan fingerprint density at radius 1 is 0.706 bits per heavy atom. The molecule has 34 heavy (non-hydrogen) atoms. The Hall–Kier alpha value is -4.37. The number of para-hydroxylation sites is 1. The molecule has 0 amide bonds. The van der Waals surface area contributed by atoms with Gasteiger partial charge in [-0.25, -0.2) is 4.98 Å². The van der Waals surface area contributed by atoms with Crippen molar-refractivity contribution in [2.24, 2.45) is 0 Å². The van der Waals surface area contributed by atoms with Gasteiger partial charge >= 0.3 is 0 Å². The molecule has 0 atom stereocenters. The second-order valence-corrected chi connectivity index (χ2v) is 9.06. The highest BCUT2D eigenvalue weighted by Gasteiger charge is 2.25. The van der Waals surface area contributed by atoms with Crippen LogP contribution in [-0.2, 0) is 6.42 Å². The maximum atomic E-state index is 6.43. The van der Waals surface area contributed by atoms with Gasteiger partial charge in [0, 0.05) is 6.42 Å². The van der Waals surface area contributed by atoms with Crippen LogP contribution in [0.15, 0.2) is 91.0 Å². The summed E-state index contributed by atoms with van der Waals surface area (Å²) in [6, 6.07) is 32.6. The lowest BCUT2D eigenvalue weighted by atomic mass is 9.94. The van der Waals surface area contributed by atoms with Gasteiger partial charge in [-0.1, -0.05) is 73.7 Å². The van der Waals surface area contributed by atoms with Crippen LogP contribution in [-0.4, -0.2) is 9.55 Å². The van der Waals surface area contributed by atoms with Crippen molar-refractivity contribution in [3.05, 3.63) is 96.8 Å². The molecule has 1 aliphatic heterocycles. The number of rotatable bonds is 2. The lowest BCUT2D eigenvalue weighted by Crippen LogP contribution is -2.07. The molecular formula is C31H20N2O. The third-order valence-corrected chi connectivity index (χ3v) is 7.30. The highest BCUT2D eigenvalue weighted by atomic mass is 16.5. The number of aryl methyl sites for hydroxylation is 1. The second-order valence-electron chi connectivity index (χ2n) is 9.06. The first-order chi connectivity index (χ1) is 16.8. The number of imidazole rings is 1. The zero-order valence-electron chi connectivity index (χ0n) is 18.7. The summed E-state index contributed by atoms with van der Waals surface area (Å²) in [5.41, 5.74) is 10.8. The van der Waals surface area contributed by atoms with Crippen molar-refractivity contribution in [2.75, 3.05) is 0 Å². The minimum atomic E-state index is 0.866. The Bertz CT molecular complexity index is 1800. The van der Waals surface area contributed by atoms with Gasteiger partial charge in [-0.3, -0.25) is 4.57 Å². The van der Waals surface area contributed by atoms with Gasteiger partial charge in [0.15, 0.2) is 11.5 Å². The van der Waals surface area contributed by atoms with Crippen molar-refractivity contribution >= 4 is 21.8 Å². The Labute approximate surface area is 196 Å². The van der Waals surface area contributed by atoms with Crippen molar-refractivity contribution in [1.82, 2.24) is 9.55 Å². The van der Waals surface area contributed by atoms with Gasteiger partial charge in [0.1, 0.15) is 11.3 Å². The molecule has 0 saturated heterocycles. The largest absolute Gasteiger partial charge is 0.453 e. The molecule has 0 unspecified atom stereocenters. The predicted molar refractivity (Wildman–Crippen MR) is 138 cm³/mol. The Morgan fingerprint density at radius 3 is 2.32 bits per heavy atom. The molecule has 160 valence electrons. The molecule has 6 aromatic rings.